The van der Waals surface area contributed by atoms with E-state index >= 15 is 0 Å². The minimum atomic E-state index is 0.460. The van der Waals surface area contributed by atoms with Crippen molar-refractivity contribution in [2.45, 2.75) is 52.0 Å². The van der Waals surface area contributed by atoms with Gasteiger partial charge in [-0.05, 0) is 33.2 Å². The number of aromatic nitrogens is 1. The molecule has 2 rings (SSSR count). The van der Waals surface area contributed by atoms with Crippen LogP contribution in [0.25, 0.3) is 0 Å². The molecule has 0 spiro atoms. The normalized spacial score (nSPS) is 18.9. The first-order chi connectivity index (χ1) is 7.22. The predicted molar refractivity (Wildman–Crippen MR) is 65.5 cm³/mol. The first kappa shape index (κ1) is 11.1. The van der Waals surface area contributed by atoms with E-state index in [1.165, 1.54) is 34.8 Å². The molecule has 3 heteroatoms. The molecule has 1 unspecified atom stereocenters. The molecule has 1 aliphatic carbocycles. The van der Waals surface area contributed by atoms with Gasteiger partial charge in [0.1, 0.15) is 0 Å². The van der Waals surface area contributed by atoms with Gasteiger partial charge in [0.05, 0.1) is 10.7 Å². The van der Waals surface area contributed by atoms with Crippen LogP contribution in [0.1, 0.15) is 60.6 Å². The fourth-order valence-electron chi connectivity index (χ4n) is 2.06. The highest BCUT2D eigenvalue weighted by Gasteiger charge is 2.24. The Morgan fingerprint density at radius 1 is 1.53 bits per heavy atom. The lowest BCUT2D eigenvalue weighted by Crippen LogP contribution is -2.17. The van der Waals surface area contributed by atoms with Gasteiger partial charge in [-0.1, -0.05) is 13.3 Å². The standard InChI is InChI=1S/C12H20N2S/c1-4-13-8(2)11-9(3)14-12(15-11)10-6-5-7-10/h8,10,13H,4-7H2,1-3H3. The molecule has 1 aromatic heterocycles. The molecule has 1 heterocycles. The topological polar surface area (TPSA) is 24.9 Å². The molecule has 1 N–H and O–H groups in total. The first-order valence-electron chi connectivity index (χ1n) is 5.93. The first-order valence-corrected chi connectivity index (χ1v) is 6.74. The summed E-state index contributed by atoms with van der Waals surface area (Å²) in [6, 6.07) is 0.460. The molecule has 1 atom stereocenters. The van der Waals surface area contributed by atoms with Crippen LogP contribution in [0, 0.1) is 6.92 Å². The fourth-order valence-corrected chi connectivity index (χ4v) is 3.32. The zero-order valence-electron chi connectivity index (χ0n) is 9.84. The third-order valence-corrected chi connectivity index (χ3v) is 4.71. The second kappa shape index (κ2) is 4.62. The predicted octanol–water partition coefficient (Wildman–Crippen LogP) is 3.39. The second-order valence-electron chi connectivity index (χ2n) is 4.41. The number of aryl methyl sites for hydroxylation is 1. The van der Waals surface area contributed by atoms with E-state index < -0.39 is 0 Å². The third kappa shape index (κ3) is 2.23. The fraction of sp³-hybridized carbons (Fsp3) is 0.750. The summed E-state index contributed by atoms with van der Waals surface area (Å²) in [5.41, 5.74) is 1.23. The zero-order valence-corrected chi connectivity index (χ0v) is 10.7. The smallest absolute Gasteiger partial charge is 0.0962 e. The molecular formula is C12H20N2S. The second-order valence-corrected chi connectivity index (χ2v) is 5.47. The quantitative estimate of drug-likeness (QED) is 0.848. The number of thiazole rings is 1. The van der Waals surface area contributed by atoms with Gasteiger partial charge in [-0.15, -0.1) is 11.3 Å². The van der Waals surface area contributed by atoms with Crippen LogP contribution in [0.4, 0.5) is 0 Å². The number of hydrogen-bond acceptors (Lipinski definition) is 3. The van der Waals surface area contributed by atoms with E-state index in [1.807, 2.05) is 11.3 Å². The number of nitrogens with zero attached hydrogens (tertiary/aromatic N) is 1. The van der Waals surface area contributed by atoms with Crippen molar-refractivity contribution in [3.63, 3.8) is 0 Å². The molecule has 15 heavy (non-hydrogen) atoms. The van der Waals surface area contributed by atoms with Crippen LogP contribution in [0.15, 0.2) is 0 Å². The molecule has 0 bridgehead atoms. The average molecular weight is 224 g/mol. The molecule has 0 saturated heterocycles. The van der Waals surface area contributed by atoms with Crippen molar-refractivity contribution >= 4 is 11.3 Å². The van der Waals surface area contributed by atoms with E-state index in [-0.39, 0.29) is 0 Å². The van der Waals surface area contributed by atoms with Crippen molar-refractivity contribution in [2.24, 2.45) is 0 Å². The Hall–Kier alpha value is -0.410. The highest BCUT2D eigenvalue weighted by molar-refractivity contribution is 7.11. The highest BCUT2D eigenvalue weighted by Crippen LogP contribution is 2.40. The lowest BCUT2D eigenvalue weighted by Gasteiger charge is -2.22. The molecule has 84 valence electrons. The Balaban J connectivity index is 2.13. The molecule has 0 aliphatic heterocycles. The molecule has 2 nitrogen and oxygen atoms in total. The van der Waals surface area contributed by atoms with Gasteiger partial charge >= 0.3 is 0 Å². The Kier molecular flexibility index (Phi) is 3.42. The SMILES string of the molecule is CCNC(C)c1sc(C2CCC2)nc1C. The Bertz CT molecular complexity index is 328. The van der Waals surface area contributed by atoms with Gasteiger partial charge in [0.25, 0.3) is 0 Å². The maximum Gasteiger partial charge on any atom is 0.0962 e. The molecule has 1 aliphatic rings. The summed E-state index contributed by atoms with van der Waals surface area (Å²) < 4.78 is 0. The summed E-state index contributed by atoms with van der Waals surface area (Å²) in [6.45, 7) is 7.55. The van der Waals surface area contributed by atoms with Gasteiger partial charge in [-0.25, -0.2) is 4.98 Å². The number of nitrogens with one attached hydrogen (secondary N) is 1. The summed E-state index contributed by atoms with van der Waals surface area (Å²) in [4.78, 5) is 6.14. The summed E-state index contributed by atoms with van der Waals surface area (Å²) in [5, 5.41) is 4.83. The van der Waals surface area contributed by atoms with Crippen molar-refractivity contribution in [3.05, 3.63) is 15.6 Å². The summed E-state index contributed by atoms with van der Waals surface area (Å²) in [7, 11) is 0. The van der Waals surface area contributed by atoms with E-state index in [1.54, 1.807) is 0 Å². The van der Waals surface area contributed by atoms with Crippen LogP contribution in [-0.2, 0) is 0 Å². The molecule has 0 radical (unpaired) electrons. The summed E-state index contributed by atoms with van der Waals surface area (Å²) in [6.07, 6.45) is 4.09. The Morgan fingerprint density at radius 3 is 2.80 bits per heavy atom. The molecular weight excluding hydrogens is 204 g/mol. The molecule has 1 fully saturated rings. The van der Waals surface area contributed by atoms with Crippen molar-refractivity contribution in [2.75, 3.05) is 6.54 Å². The summed E-state index contributed by atoms with van der Waals surface area (Å²) >= 11 is 1.92. The summed E-state index contributed by atoms with van der Waals surface area (Å²) in [5.74, 6) is 0.774. The van der Waals surface area contributed by atoms with Crippen molar-refractivity contribution in [3.8, 4) is 0 Å². The third-order valence-electron chi connectivity index (χ3n) is 3.21. The van der Waals surface area contributed by atoms with Crippen molar-refractivity contribution < 1.29 is 0 Å². The van der Waals surface area contributed by atoms with Crippen molar-refractivity contribution in [1.29, 1.82) is 0 Å². The number of rotatable bonds is 4. The van der Waals surface area contributed by atoms with E-state index in [9.17, 15) is 0 Å². The van der Waals surface area contributed by atoms with Gasteiger partial charge in [0.2, 0.25) is 0 Å². The monoisotopic (exact) mass is 224 g/mol. The van der Waals surface area contributed by atoms with E-state index in [4.69, 9.17) is 4.98 Å². The van der Waals surface area contributed by atoms with Gasteiger partial charge in [0, 0.05) is 16.8 Å². The van der Waals surface area contributed by atoms with Gasteiger partial charge in [0.15, 0.2) is 0 Å². The van der Waals surface area contributed by atoms with E-state index in [0.29, 0.717) is 6.04 Å². The van der Waals surface area contributed by atoms with Crippen LogP contribution in [0.2, 0.25) is 0 Å². The maximum absolute atomic E-state index is 4.71. The molecule has 0 aromatic carbocycles. The molecule has 0 amide bonds. The molecule has 1 saturated carbocycles. The van der Waals surface area contributed by atoms with Crippen LogP contribution < -0.4 is 5.32 Å². The average Bonchev–Trinajstić information content (AvgIpc) is 2.44. The minimum Gasteiger partial charge on any atom is -0.310 e. The van der Waals surface area contributed by atoms with Crippen LogP contribution >= 0.6 is 11.3 Å². The number of hydrogen-bond donors (Lipinski definition) is 1. The minimum absolute atomic E-state index is 0.460. The largest absolute Gasteiger partial charge is 0.310 e. The maximum atomic E-state index is 4.71. The lowest BCUT2D eigenvalue weighted by atomic mass is 9.86. The van der Waals surface area contributed by atoms with Gasteiger partial charge in [-0.3, -0.25) is 0 Å². The molecule has 1 aromatic rings. The van der Waals surface area contributed by atoms with Crippen LogP contribution in [-0.4, -0.2) is 11.5 Å². The zero-order chi connectivity index (χ0) is 10.8. The van der Waals surface area contributed by atoms with Crippen molar-refractivity contribution in [1.82, 2.24) is 10.3 Å². The Labute approximate surface area is 96.1 Å². The van der Waals surface area contributed by atoms with Gasteiger partial charge < -0.3 is 5.32 Å². The van der Waals surface area contributed by atoms with E-state index in [0.717, 1.165) is 12.5 Å². The lowest BCUT2D eigenvalue weighted by molar-refractivity contribution is 0.418. The van der Waals surface area contributed by atoms with Crippen LogP contribution in [0.3, 0.4) is 0 Å². The van der Waals surface area contributed by atoms with E-state index in [2.05, 4.69) is 26.1 Å². The van der Waals surface area contributed by atoms with Gasteiger partial charge in [-0.2, -0.15) is 0 Å². The highest BCUT2D eigenvalue weighted by atomic mass is 32.1. The Morgan fingerprint density at radius 2 is 2.27 bits per heavy atom. The van der Waals surface area contributed by atoms with Crippen LogP contribution in [0.5, 0.6) is 0 Å².